The first-order chi connectivity index (χ1) is 6.07. The number of hydrogen-bond donors (Lipinski definition) is 1. The lowest BCUT2D eigenvalue weighted by molar-refractivity contribution is 0.616. The third-order valence-corrected chi connectivity index (χ3v) is 2.70. The predicted octanol–water partition coefficient (Wildman–Crippen LogP) is 2.11. The van der Waals surface area contributed by atoms with Crippen molar-refractivity contribution in [1.29, 1.82) is 0 Å². The second-order valence-corrected chi connectivity index (χ2v) is 3.76. The van der Waals surface area contributed by atoms with E-state index in [1.54, 1.807) is 25.1 Å². The lowest BCUT2D eigenvalue weighted by Crippen LogP contribution is -2.12. The van der Waals surface area contributed by atoms with E-state index in [4.69, 9.17) is 5.73 Å². The molecule has 1 aromatic carbocycles. The van der Waals surface area contributed by atoms with Gasteiger partial charge in [0.2, 0.25) is 0 Å². The molecule has 0 bridgehead atoms. The first kappa shape index (κ1) is 10.5. The van der Waals surface area contributed by atoms with E-state index in [0.717, 1.165) is 5.56 Å². The fourth-order valence-electron chi connectivity index (χ4n) is 1.08. The number of nitrogens with two attached hydrogens (primary N) is 1. The Kier molecular flexibility index (Phi) is 3.27. The molecule has 0 aliphatic rings. The summed E-state index contributed by atoms with van der Waals surface area (Å²) in [6.45, 7) is 0.339. The van der Waals surface area contributed by atoms with E-state index in [0.29, 0.717) is 16.7 Å². The van der Waals surface area contributed by atoms with Crippen molar-refractivity contribution in [2.75, 3.05) is 19.0 Å². The second kappa shape index (κ2) is 4.07. The van der Waals surface area contributed by atoms with Crippen molar-refractivity contribution in [1.82, 2.24) is 0 Å². The van der Waals surface area contributed by atoms with Gasteiger partial charge in [0, 0.05) is 20.6 Å². The molecule has 0 aromatic heterocycles. The van der Waals surface area contributed by atoms with Crippen LogP contribution < -0.4 is 10.6 Å². The molecule has 0 amide bonds. The number of hydrogen-bond acceptors (Lipinski definition) is 2. The molecule has 1 rings (SSSR count). The van der Waals surface area contributed by atoms with Crippen LogP contribution in [0.1, 0.15) is 5.56 Å². The molecule has 0 radical (unpaired) electrons. The van der Waals surface area contributed by atoms with Crippen LogP contribution in [0.15, 0.2) is 16.6 Å². The first-order valence-corrected chi connectivity index (χ1v) is 4.71. The van der Waals surface area contributed by atoms with Gasteiger partial charge in [-0.15, -0.1) is 0 Å². The average Bonchev–Trinajstić information content (AvgIpc) is 2.09. The van der Waals surface area contributed by atoms with Crippen LogP contribution in [0.4, 0.5) is 10.1 Å². The Morgan fingerprint density at radius 1 is 1.46 bits per heavy atom. The highest BCUT2D eigenvalue weighted by atomic mass is 79.9. The topological polar surface area (TPSA) is 29.3 Å². The Balaban J connectivity index is 3.23. The molecule has 4 heteroatoms. The zero-order valence-electron chi connectivity index (χ0n) is 7.64. The predicted molar refractivity (Wildman–Crippen MR) is 56.3 cm³/mol. The summed E-state index contributed by atoms with van der Waals surface area (Å²) >= 11 is 3.18. The Morgan fingerprint density at radius 2 is 2.08 bits per heavy atom. The van der Waals surface area contributed by atoms with Crippen LogP contribution in [0.2, 0.25) is 0 Å². The highest BCUT2D eigenvalue weighted by Crippen LogP contribution is 2.27. The molecule has 0 aliphatic heterocycles. The van der Waals surface area contributed by atoms with E-state index < -0.39 is 0 Å². The number of nitrogens with zero attached hydrogens (tertiary/aromatic N) is 1. The minimum atomic E-state index is -0.257. The minimum Gasteiger partial charge on any atom is -0.375 e. The summed E-state index contributed by atoms with van der Waals surface area (Å²) in [4.78, 5) is 1.72. The molecule has 2 nitrogen and oxygen atoms in total. The maximum Gasteiger partial charge on any atom is 0.160 e. The summed E-state index contributed by atoms with van der Waals surface area (Å²) in [7, 11) is 3.60. The third-order valence-electron chi connectivity index (χ3n) is 1.84. The Labute approximate surface area is 85.7 Å². The highest BCUT2D eigenvalue weighted by Gasteiger charge is 2.10. The number of halogens is 2. The summed E-state index contributed by atoms with van der Waals surface area (Å²) in [5.41, 5.74) is 6.78. The first-order valence-electron chi connectivity index (χ1n) is 3.92. The van der Waals surface area contributed by atoms with Gasteiger partial charge in [0.05, 0.1) is 10.2 Å². The Bertz CT molecular complexity index is 313. The lowest BCUT2D eigenvalue weighted by atomic mass is 10.2. The second-order valence-electron chi connectivity index (χ2n) is 2.97. The lowest BCUT2D eigenvalue weighted by Gasteiger charge is -2.15. The Hall–Kier alpha value is -0.610. The molecule has 0 atom stereocenters. The largest absolute Gasteiger partial charge is 0.375 e. The van der Waals surface area contributed by atoms with Crippen molar-refractivity contribution in [2.45, 2.75) is 6.54 Å². The van der Waals surface area contributed by atoms with Gasteiger partial charge in [-0.05, 0) is 27.6 Å². The van der Waals surface area contributed by atoms with Crippen LogP contribution in [0, 0.1) is 5.82 Å². The van der Waals surface area contributed by atoms with Crippen LogP contribution in [-0.2, 0) is 6.54 Å². The van der Waals surface area contributed by atoms with Crippen LogP contribution in [0.3, 0.4) is 0 Å². The van der Waals surface area contributed by atoms with E-state index in [1.165, 1.54) is 0 Å². The number of anilines is 1. The molecule has 0 heterocycles. The monoisotopic (exact) mass is 246 g/mol. The molecule has 0 fully saturated rings. The third kappa shape index (κ3) is 2.00. The number of benzene rings is 1. The summed E-state index contributed by atoms with van der Waals surface area (Å²) in [6.07, 6.45) is 0. The summed E-state index contributed by atoms with van der Waals surface area (Å²) in [6, 6.07) is 3.55. The van der Waals surface area contributed by atoms with Crippen LogP contribution in [0.5, 0.6) is 0 Å². The fraction of sp³-hybridized carbons (Fsp3) is 0.333. The minimum absolute atomic E-state index is 0.257. The van der Waals surface area contributed by atoms with Crippen LogP contribution in [-0.4, -0.2) is 14.1 Å². The van der Waals surface area contributed by atoms with Gasteiger partial charge in [-0.3, -0.25) is 0 Å². The summed E-state index contributed by atoms with van der Waals surface area (Å²) in [5.74, 6) is -0.257. The van der Waals surface area contributed by atoms with Crippen molar-refractivity contribution in [2.24, 2.45) is 5.73 Å². The molecular weight excluding hydrogens is 235 g/mol. The van der Waals surface area contributed by atoms with E-state index in [1.807, 2.05) is 6.07 Å². The van der Waals surface area contributed by atoms with Gasteiger partial charge in [-0.2, -0.15) is 0 Å². The van der Waals surface area contributed by atoms with Gasteiger partial charge in [-0.25, -0.2) is 4.39 Å². The van der Waals surface area contributed by atoms with Crippen molar-refractivity contribution < 1.29 is 4.39 Å². The maximum absolute atomic E-state index is 13.6. The van der Waals surface area contributed by atoms with Crippen molar-refractivity contribution in [3.8, 4) is 0 Å². The van der Waals surface area contributed by atoms with Gasteiger partial charge in [0.1, 0.15) is 0 Å². The molecular formula is C9H12BrFN2. The van der Waals surface area contributed by atoms with Gasteiger partial charge in [0.15, 0.2) is 5.82 Å². The summed E-state index contributed by atoms with van der Waals surface area (Å²) in [5, 5.41) is 0. The standard InChI is InChI=1S/C9H12BrFN2/c1-13(2)7-4-3-6(5-12)8(10)9(7)11/h3-4H,5,12H2,1-2H3. The zero-order valence-corrected chi connectivity index (χ0v) is 9.23. The van der Waals surface area contributed by atoms with Crippen molar-refractivity contribution >= 4 is 21.6 Å². The fourth-order valence-corrected chi connectivity index (χ4v) is 1.58. The molecule has 0 spiro atoms. The van der Waals surface area contributed by atoms with E-state index in [2.05, 4.69) is 15.9 Å². The van der Waals surface area contributed by atoms with Gasteiger partial charge >= 0.3 is 0 Å². The molecule has 13 heavy (non-hydrogen) atoms. The zero-order chi connectivity index (χ0) is 10.0. The highest BCUT2D eigenvalue weighted by molar-refractivity contribution is 9.10. The van der Waals surface area contributed by atoms with Crippen molar-refractivity contribution in [3.63, 3.8) is 0 Å². The van der Waals surface area contributed by atoms with E-state index in [-0.39, 0.29) is 5.82 Å². The molecule has 1 aromatic rings. The van der Waals surface area contributed by atoms with Gasteiger partial charge in [0.25, 0.3) is 0 Å². The SMILES string of the molecule is CN(C)c1ccc(CN)c(Br)c1F. The van der Waals surface area contributed by atoms with Gasteiger partial charge < -0.3 is 10.6 Å². The van der Waals surface area contributed by atoms with E-state index >= 15 is 0 Å². The smallest absolute Gasteiger partial charge is 0.160 e. The summed E-state index contributed by atoms with van der Waals surface area (Å²) < 4.78 is 14.0. The van der Waals surface area contributed by atoms with Crippen LogP contribution >= 0.6 is 15.9 Å². The Morgan fingerprint density at radius 3 is 2.54 bits per heavy atom. The number of rotatable bonds is 2. The molecule has 72 valence electrons. The van der Waals surface area contributed by atoms with E-state index in [9.17, 15) is 4.39 Å². The normalized spacial score (nSPS) is 10.2. The molecule has 0 aliphatic carbocycles. The molecule has 0 saturated carbocycles. The molecule has 2 N–H and O–H groups in total. The molecule has 0 saturated heterocycles. The maximum atomic E-state index is 13.6. The van der Waals surface area contributed by atoms with Crippen molar-refractivity contribution in [3.05, 3.63) is 28.0 Å². The van der Waals surface area contributed by atoms with Gasteiger partial charge in [-0.1, -0.05) is 6.07 Å². The quantitative estimate of drug-likeness (QED) is 0.867. The van der Waals surface area contributed by atoms with Crippen LogP contribution in [0.25, 0.3) is 0 Å². The molecule has 0 unspecified atom stereocenters. The average molecular weight is 247 g/mol.